The minimum Gasteiger partial charge on any atom is -0.870 e. The SMILES string of the molecule is COC(=O)c1cn(Cc2ccc3ncc(Cl)cc3c2)c2ncnc(OC)c12.COc1ncnc2c1c(C(=O)O)cn2Cc1ccc2ncc(Cl)cc2c1.[Li+].[OH-]. The molecule has 6 aromatic heterocycles. The second-order valence-electron chi connectivity index (χ2n) is 11.7. The summed E-state index contributed by atoms with van der Waals surface area (Å²) in [7, 11) is 4.28. The number of ether oxygens (including phenoxy) is 3. The number of esters is 1. The van der Waals surface area contributed by atoms with E-state index in [0.29, 0.717) is 56.6 Å². The number of fused-ring (bicyclic) bond motifs is 4. The van der Waals surface area contributed by atoms with E-state index in [9.17, 15) is 14.7 Å². The summed E-state index contributed by atoms with van der Waals surface area (Å²) in [6.45, 7) is 0.933. The molecule has 0 unspecified atom stereocenters. The Morgan fingerprint density at radius 2 is 1.13 bits per heavy atom. The first-order valence-electron chi connectivity index (χ1n) is 15.8. The first-order valence-corrected chi connectivity index (χ1v) is 16.6. The molecule has 8 rings (SSSR count). The molecule has 2 aromatic carbocycles. The van der Waals surface area contributed by atoms with E-state index in [1.165, 1.54) is 34.0 Å². The zero-order valence-corrected chi connectivity index (χ0v) is 31.3. The summed E-state index contributed by atoms with van der Waals surface area (Å²) in [5, 5.41) is 13.4. The van der Waals surface area contributed by atoms with Crippen LogP contribution in [-0.4, -0.2) is 82.9 Å². The molecule has 0 saturated carbocycles. The Balaban J connectivity index is 0.000000204. The summed E-state index contributed by atoms with van der Waals surface area (Å²) >= 11 is 12.1. The van der Waals surface area contributed by atoms with Gasteiger partial charge in [-0.05, 0) is 47.5 Å². The predicted octanol–water partition coefficient (Wildman–Crippen LogP) is 3.69. The molecule has 15 nitrogen and oxygen atoms in total. The van der Waals surface area contributed by atoms with Gasteiger partial charge < -0.3 is 33.9 Å². The molecule has 8 aromatic rings. The molecule has 0 spiro atoms. The summed E-state index contributed by atoms with van der Waals surface area (Å²) < 4.78 is 19.0. The molecule has 0 atom stereocenters. The minimum atomic E-state index is -1.06. The van der Waals surface area contributed by atoms with Gasteiger partial charge in [-0.3, -0.25) is 9.97 Å². The second kappa shape index (κ2) is 17.1. The molecule has 18 heteroatoms. The predicted molar refractivity (Wildman–Crippen MR) is 200 cm³/mol. The van der Waals surface area contributed by atoms with E-state index in [1.54, 1.807) is 29.4 Å². The van der Waals surface area contributed by atoms with Gasteiger partial charge in [0.1, 0.15) is 23.9 Å². The summed E-state index contributed by atoms with van der Waals surface area (Å²) in [5.74, 6) is -0.966. The number of aromatic carboxylic acids is 1. The summed E-state index contributed by atoms with van der Waals surface area (Å²) in [4.78, 5) is 49.1. The zero-order chi connectivity index (χ0) is 37.2. The van der Waals surface area contributed by atoms with Gasteiger partial charge in [-0.15, -0.1) is 0 Å². The number of hydrogen-bond acceptors (Lipinski definition) is 12. The fourth-order valence-corrected chi connectivity index (χ4v) is 6.40. The number of carboxylic acids is 1. The van der Waals surface area contributed by atoms with Crippen LogP contribution in [0.2, 0.25) is 10.0 Å². The minimum absolute atomic E-state index is 0. The zero-order valence-electron chi connectivity index (χ0n) is 29.8. The van der Waals surface area contributed by atoms with E-state index in [0.717, 1.165) is 32.9 Å². The molecule has 0 fully saturated rings. The van der Waals surface area contributed by atoms with Crippen LogP contribution in [0.4, 0.5) is 0 Å². The van der Waals surface area contributed by atoms with Crippen LogP contribution in [0.3, 0.4) is 0 Å². The van der Waals surface area contributed by atoms with Crippen molar-refractivity contribution in [1.82, 2.24) is 39.0 Å². The van der Waals surface area contributed by atoms with Crippen molar-refractivity contribution >= 4 is 79.0 Å². The maximum Gasteiger partial charge on any atom is 1.00 e. The van der Waals surface area contributed by atoms with E-state index in [2.05, 4.69) is 29.9 Å². The van der Waals surface area contributed by atoms with Crippen molar-refractivity contribution in [2.75, 3.05) is 21.3 Å². The van der Waals surface area contributed by atoms with E-state index >= 15 is 0 Å². The van der Waals surface area contributed by atoms with Crippen LogP contribution in [0.15, 0.2) is 86.0 Å². The molecular weight excluding hydrogens is 746 g/mol. The topological polar surface area (TPSA) is 199 Å². The van der Waals surface area contributed by atoms with Gasteiger partial charge in [-0.25, -0.2) is 29.5 Å². The molecule has 0 aliphatic rings. The third-order valence-electron chi connectivity index (χ3n) is 8.39. The van der Waals surface area contributed by atoms with E-state index in [1.807, 2.05) is 53.1 Å². The van der Waals surface area contributed by atoms with Crippen LogP contribution in [0.25, 0.3) is 43.9 Å². The number of nitrogens with zero attached hydrogens (tertiary/aromatic N) is 8. The van der Waals surface area contributed by atoms with Gasteiger partial charge in [-0.2, -0.15) is 0 Å². The van der Waals surface area contributed by atoms with Crippen molar-refractivity contribution in [3.05, 3.63) is 118 Å². The average molecular weight is 776 g/mol. The Kier molecular flexibility index (Phi) is 12.6. The summed E-state index contributed by atoms with van der Waals surface area (Å²) in [6.07, 6.45) is 9.23. The second-order valence-corrected chi connectivity index (χ2v) is 12.5. The standard InChI is InChI=1S/C19H15ClN4O3.C18H13ClN4O3.Li.H2O/c1-26-18-16-14(19(25)27-2)9-24(17(16)22-10-23-18)8-11-3-4-15-12(5-11)6-13(20)7-21-15;1-26-17-15-13(18(24)25)8-23(16(15)21-9-22-17)7-10-2-3-14-11(4-10)5-12(19)6-20-14;;/h3-7,9-10H,8H2,1-2H3;2-6,8-9H,7H2,1H3,(H,24,25);;1H2/q;;+1;/p-1. The number of methoxy groups -OCH3 is 3. The molecule has 2 N–H and O–H groups in total. The van der Waals surface area contributed by atoms with Gasteiger partial charge in [0, 0.05) is 48.6 Å². The van der Waals surface area contributed by atoms with Gasteiger partial charge in [0.25, 0.3) is 0 Å². The normalized spacial score (nSPS) is 10.7. The van der Waals surface area contributed by atoms with Gasteiger partial charge in [0.15, 0.2) is 0 Å². The summed E-state index contributed by atoms with van der Waals surface area (Å²) in [5.41, 5.74) is 5.22. The summed E-state index contributed by atoms with van der Waals surface area (Å²) in [6, 6.07) is 15.4. The van der Waals surface area contributed by atoms with Crippen molar-refractivity contribution in [3.63, 3.8) is 0 Å². The van der Waals surface area contributed by atoms with E-state index in [4.69, 9.17) is 37.4 Å². The Labute approximate surface area is 334 Å². The molecule has 0 bridgehead atoms. The maximum atomic E-state index is 12.2. The first kappa shape index (κ1) is 40.4. The van der Waals surface area contributed by atoms with E-state index < -0.39 is 11.9 Å². The van der Waals surface area contributed by atoms with Crippen molar-refractivity contribution < 1.29 is 53.2 Å². The maximum absolute atomic E-state index is 12.2. The van der Waals surface area contributed by atoms with Crippen LogP contribution < -0.4 is 28.3 Å². The molecule has 0 aliphatic heterocycles. The number of carbonyl (C=O) groups is 2. The van der Waals surface area contributed by atoms with Crippen molar-refractivity contribution in [3.8, 4) is 11.8 Å². The molecule has 274 valence electrons. The molecule has 0 radical (unpaired) electrons. The average Bonchev–Trinajstić information content (AvgIpc) is 3.73. The number of carboxylic acid groups (broad SMARTS) is 1. The van der Waals surface area contributed by atoms with Crippen molar-refractivity contribution in [2.45, 2.75) is 13.1 Å². The number of benzene rings is 2. The number of aromatic nitrogens is 8. The van der Waals surface area contributed by atoms with Gasteiger partial charge in [0.2, 0.25) is 11.8 Å². The smallest absolute Gasteiger partial charge is 0.870 e. The number of hydrogen-bond donors (Lipinski definition) is 1. The Hall–Kier alpha value is -5.82. The van der Waals surface area contributed by atoms with Crippen LogP contribution in [0.5, 0.6) is 11.8 Å². The molecule has 0 amide bonds. The fourth-order valence-electron chi connectivity index (χ4n) is 6.07. The Bertz CT molecular complexity index is 2710. The molecule has 0 saturated heterocycles. The first-order chi connectivity index (χ1) is 25.7. The molecule has 6 heterocycles. The van der Waals surface area contributed by atoms with Crippen LogP contribution in [-0.2, 0) is 17.8 Å². The Morgan fingerprint density at radius 1 is 0.673 bits per heavy atom. The number of pyridine rings is 2. The third-order valence-corrected chi connectivity index (χ3v) is 8.80. The Morgan fingerprint density at radius 3 is 1.56 bits per heavy atom. The van der Waals surface area contributed by atoms with Crippen LogP contribution >= 0.6 is 23.2 Å². The number of carbonyl (C=O) groups excluding carboxylic acids is 1. The fraction of sp³-hybridized carbons (Fsp3) is 0.135. The monoisotopic (exact) mass is 774 g/mol. The van der Waals surface area contributed by atoms with Gasteiger partial charge in [-0.1, -0.05) is 35.3 Å². The number of halogens is 2. The van der Waals surface area contributed by atoms with Crippen molar-refractivity contribution in [2.24, 2.45) is 0 Å². The molecule has 0 aliphatic carbocycles. The van der Waals surface area contributed by atoms with Crippen LogP contribution in [0, 0.1) is 0 Å². The number of rotatable bonds is 8. The van der Waals surface area contributed by atoms with E-state index in [-0.39, 0.29) is 35.8 Å². The quantitative estimate of drug-likeness (QED) is 0.173. The van der Waals surface area contributed by atoms with Crippen LogP contribution in [0.1, 0.15) is 31.8 Å². The third kappa shape index (κ3) is 8.16. The molecular formula is C37H29Cl2LiN8O7. The largest absolute Gasteiger partial charge is 1.00 e. The van der Waals surface area contributed by atoms with Crippen molar-refractivity contribution in [1.29, 1.82) is 0 Å². The van der Waals surface area contributed by atoms with Gasteiger partial charge in [0.05, 0.1) is 64.3 Å². The van der Waals surface area contributed by atoms with Gasteiger partial charge >= 0.3 is 30.8 Å². The molecule has 55 heavy (non-hydrogen) atoms.